The molecule has 55 atom stereocenters. The van der Waals surface area contributed by atoms with E-state index in [9.17, 15) is 179 Å². The molecule has 0 aromatic rings. The van der Waals surface area contributed by atoms with Crippen LogP contribution in [0, 0.1) is 0 Å². The molecule has 35 N–H and O–H groups in total. The van der Waals surface area contributed by atoms with Gasteiger partial charge in [0.05, 0.1) is 72.7 Å². The molecule has 0 aliphatic carbocycles. The molecule has 56 heteroatoms. The highest BCUT2D eigenvalue weighted by Gasteiger charge is 2.62. The third kappa shape index (κ3) is 20.5. The summed E-state index contributed by atoms with van der Waals surface area (Å²) in [6.45, 7) is -11.0. The van der Waals surface area contributed by atoms with Gasteiger partial charge in [-0.25, -0.2) is 0 Å². The highest BCUT2D eigenvalue weighted by Crippen LogP contribution is 2.42. The molecule has 16 bridgehead atoms. The van der Waals surface area contributed by atoms with Gasteiger partial charge in [0.15, 0.2) is 69.2 Å². The van der Waals surface area contributed by atoms with E-state index in [0.29, 0.717) is 0 Å². The number of aliphatic hydroxyl groups excluding tert-OH is 35. The molecule has 15 unspecified atom stereocenters. The van der Waals surface area contributed by atoms with Crippen molar-refractivity contribution in [2.24, 2.45) is 0 Å². The quantitative estimate of drug-likeness (QED) is 0.0724. The molecule has 33 fully saturated rings. The minimum Gasteiger partial charge on any atom is -0.394 e. The van der Waals surface area contributed by atoms with E-state index >= 15 is 0 Å². The van der Waals surface area contributed by atoms with Gasteiger partial charge in [0, 0.05) is 0 Å². The van der Waals surface area contributed by atoms with Gasteiger partial charge in [-0.15, -0.1) is 0 Å². The Balaban J connectivity index is 0.000000356. The lowest BCUT2D eigenvalue weighted by Gasteiger charge is -2.50. The van der Waals surface area contributed by atoms with Gasteiger partial charge in [-0.2, -0.15) is 0 Å². The van der Waals surface area contributed by atoms with Crippen LogP contribution in [0.15, 0.2) is 0 Å². The van der Waals surface area contributed by atoms with Crippen LogP contribution in [-0.2, 0) is 99.5 Å². The number of ether oxygens (including phenoxy) is 21. The third-order valence-electron chi connectivity index (χ3n) is 23.0. The van der Waals surface area contributed by atoms with E-state index < -0.39 is 410 Å². The first-order chi connectivity index (χ1) is 57.9. The van der Waals surface area contributed by atoms with E-state index in [0.717, 1.165) is 0 Å². The molecule has 0 aromatic heterocycles. The van der Waals surface area contributed by atoms with Crippen molar-refractivity contribution in [3.63, 3.8) is 0 Å². The molecule has 33 rings (SSSR count). The molecule has 33 aliphatic heterocycles. The summed E-state index contributed by atoms with van der Waals surface area (Å²) in [6.07, 6.45) is -107. The van der Waals surface area contributed by atoms with E-state index in [1.165, 1.54) is 0 Å². The maximum absolute atomic E-state index is 11.4. The van der Waals surface area contributed by atoms with Crippen molar-refractivity contribution in [2.45, 2.75) is 338 Å². The van der Waals surface area contributed by atoms with Gasteiger partial charge < -0.3 is 278 Å². The van der Waals surface area contributed by atoms with Crippen LogP contribution in [0.25, 0.3) is 0 Å². The minimum absolute atomic E-state index is 0.741. The van der Waals surface area contributed by atoms with Gasteiger partial charge >= 0.3 is 0 Å². The Bertz CT molecular complexity index is 2670. The predicted octanol–water partition coefficient (Wildman–Crippen LogP) is -25.0. The normalized spacial score (nSPS) is 54.6. The van der Waals surface area contributed by atoms with Gasteiger partial charge in [-0.1, -0.05) is 0 Å². The lowest BCUT2D eigenvalue weighted by atomic mass is 9.94. The van der Waals surface area contributed by atoms with Crippen molar-refractivity contribution < 1.29 is 278 Å². The molecule has 33 saturated heterocycles. The fourth-order valence-electron chi connectivity index (χ4n) is 16.0. The molecule has 56 nitrogen and oxygen atoms in total. The van der Waals surface area contributed by atoms with Crippen molar-refractivity contribution in [2.75, 3.05) is 72.7 Å². The summed E-state index contributed by atoms with van der Waals surface area (Å²) in [7, 11) is 0. The van der Waals surface area contributed by atoms with Crippen LogP contribution in [0.5, 0.6) is 0 Å². The number of hydrogen-bond donors (Lipinski definition) is 35. The zero-order valence-corrected chi connectivity index (χ0v) is 63.8. The third-order valence-corrected chi connectivity index (χ3v) is 23.0. The smallest absolute Gasteiger partial charge is 0.187 e. The van der Waals surface area contributed by atoms with Gasteiger partial charge in [0.25, 0.3) is 0 Å². The summed E-state index contributed by atoms with van der Waals surface area (Å²) < 4.78 is 117. The summed E-state index contributed by atoms with van der Waals surface area (Å²) in [5, 5.41) is 374. The standard InChI is InChI=1S/C48H80O40.C18H32O16/c49-1-9-33-17(57)25(65)41(73-9)82-34-10(2-50)75-43(27(67)19(34)59)84-36-12(4-52)77-45(29(69)21(36)61)86-38-14(6-54)79-47(31(71)23(38)63)88-40-16(8-56)80-48(32(72)24(40)64)87-39-15(7-55)78-46(30(70)22(39)62)85-37-13(5-53)76-44(28(68)20(37)60)83-35-11(3-51)74-42(81-33)26(66)18(35)58;19-1-4-7(22)8(23)12(27)17(31-4)34-15-6(3-21)32-18(13(28)10(15)25)33-14-5(2-20)30-16(29)11(26)9(14)24/h9-72H,1-8H2;4-29H,1-3H2/t9-,10-,11-,12-,13-,14-,15-,16-,17-,18-,19-,20-,21-,22-,23-,24-,25-,26-,27-,28-,29-,30-,31-,32-,33-,34-,35-,36-,37-,38-,39-,40-,41-,42-,43-,44-,45-,46-,47-,48-;/m1./s1. The largest absolute Gasteiger partial charge is 0.394 e. The van der Waals surface area contributed by atoms with E-state index in [1.54, 1.807) is 0 Å². The number of hydrogen-bond acceptors (Lipinski definition) is 56. The maximum Gasteiger partial charge on any atom is 0.187 e. The van der Waals surface area contributed by atoms with Crippen molar-refractivity contribution in [1.29, 1.82) is 0 Å². The average molecular weight is 1800 g/mol. The van der Waals surface area contributed by atoms with Gasteiger partial charge in [0.1, 0.15) is 269 Å². The zero-order valence-electron chi connectivity index (χ0n) is 63.8. The monoisotopic (exact) mass is 1800 g/mol. The second-order valence-corrected chi connectivity index (χ2v) is 30.8. The van der Waals surface area contributed by atoms with Crippen molar-refractivity contribution in [1.82, 2.24) is 0 Å². The highest BCUT2D eigenvalue weighted by molar-refractivity contribution is 5.04. The SMILES string of the molecule is OCC1OC(OC2C(CO)OC(OC3C(CO)OC(O)C(O)C3O)C(O)C2O)C(O)C(O)C1O.OC[C@H]1O[C@@H]2O[C@H]3[C@H](O)[C@@H](O)[C@@H](O[C@H]4[C@H](O)[C@@H](O)[C@@H](O[C@H]5[C@H](O)[C@@H](O)[C@@H](O[C@H]6[C@H](O)[C@@H](O)[C@@H](O[C@H]7[C@H](O)[C@@H](O)[C@@H](O[C@H]8[C@H](O)[C@@H](O)[C@@H](O[C@H]9[C@H](O)[C@@H](O)[C@@H](O[C@H]1[C@H](O)[C@H]2O)O[C@@H]9CO)O[C@@H]8CO)O[C@@H]7CO)O[C@@H]6CO)O[C@@H]5CO)O[C@@H]4CO)O[C@@H]3CO. The predicted molar refractivity (Wildman–Crippen MR) is 362 cm³/mol. The lowest BCUT2D eigenvalue weighted by molar-refractivity contribution is -0.404. The number of rotatable bonds is 15. The molecule has 0 spiro atoms. The molecular weight excluding hydrogens is 1690 g/mol. The average Bonchev–Trinajstić information content (AvgIpc) is 0.765. The van der Waals surface area contributed by atoms with Crippen LogP contribution in [0.2, 0.25) is 0 Å². The fourth-order valence-corrected chi connectivity index (χ4v) is 16.0. The first-order valence-corrected chi connectivity index (χ1v) is 38.7. The van der Waals surface area contributed by atoms with Crippen LogP contribution >= 0.6 is 0 Å². The van der Waals surface area contributed by atoms with Gasteiger partial charge in [0.2, 0.25) is 0 Å². The zero-order chi connectivity index (χ0) is 89.4. The van der Waals surface area contributed by atoms with E-state index in [1.807, 2.05) is 0 Å². The lowest BCUT2D eigenvalue weighted by Crippen LogP contribution is -2.69. The van der Waals surface area contributed by atoms with Crippen LogP contribution in [-0.4, -0.2) is 589 Å². The molecule has 122 heavy (non-hydrogen) atoms. The molecular formula is C66H112O56. The minimum atomic E-state index is -2.25. The Hall–Kier alpha value is -2.24. The van der Waals surface area contributed by atoms with Crippen LogP contribution < -0.4 is 0 Å². The Morgan fingerprint density at radius 3 is 0.508 bits per heavy atom. The van der Waals surface area contributed by atoms with Gasteiger partial charge in [-0.05, 0) is 0 Å². The molecule has 33 heterocycles. The molecule has 33 aliphatic rings. The maximum atomic E-state index is 11.4. The van der Waals surface area contributed by atoms with Crippen LogP contribution in [0.1, 0.15) is 0 Å². The van der Waals surface area contributed by atoms with Crippen molar-refractivity contribution in [3.05, 3.63) is 0 Å². The molecule has 0 radical (unpaired) electrons. The van der Waals surface area contributed by atoms with Crippen molar-refractivity contribution >= 4 is 0 Å². The summed E-state index contributed by atoms with van der Waals surface area (Å²) in [5.74, 6) is 0. The second kappa shape index (κ2) is 43.4. The highest BCUT2D eigenvalue weighted by atomic mass is 16.8. The van der Waals surface area contributed by atoms with Crippen molar-refractivity contribution in [3.8, 4) is 0 Å². The Kier molecular flexibility index (Phi) is 35.7. The molecule has 712 valence electrons. The van der Waals surface area contributed by atoms with Crippen LogP contribution in [0.4, 0.5) is 0 Å². The summed E-state index contributed by atoms with van der Waals surface area (Å²) in [5.41, 5.74) is 0. The van der Waals surface area contributed by atoms with E-state index in [4.69, 9.17) is 99.5 Å². The van der Waals surface area contributed by atoms with E-state index in [2.05, 4.69) is 0 Å². The molecule has 0 amide bonds. The Morgan fingerprint density at radius 1 is 0.139 bits per heavy atom. The molecule has 0 aromatic carbocycles. The Morgan fingerprint density at radius 2 is 0.311 bits per heavy atom. The fraction of sp³-hybridized carbons (Fsp3) is 1.00. The summed E-state index contributed by atoms with van der Waals surface area (Å²) >= 11 is 0. The summed E-state index contributed by atoms with van der Waals surface area (Å²) in [6, 6.07) is 0. The molecule has 0 saturated carbocycles. The van der Waals surface area contributed by atoms with Gasteiger partial charge in [-0.3, -0.25) is 0 Å². The summed E-state index contributed by atoms with van der Waals surface area (Å²) in [4.78, 5) is 0. The Labute approximate surface area is 687 Å². The topological polar surface area (TPSA) is 902 Å². The second-order valence-electron chi connectivity index (χ2n) is 30.8. The first kappa shape index (κ1) is 100. The number of aliphatic hydroxyl groups is 35. The van der Waals surface area contributed by atoms with E-state index in [-0.39, 0.29) is 0 Å². The van der Waals surface area contributed by atoms with Crippen LogP contribution in [0.3, 0.4) is 0 Å². The first-order valence-electron chi connectivity index (χ1n) is 38.7.